The average molecular weight is 464 g/mol. The van der Waals surface area contributed by atoms with Gasteiger partial charge in [-0.1, -0.05) is 23.7 Å². The van der Waals surface area contributed by atoms with Gasteiger partial charge in [0.2, 0.25) is 11.8 Å². The molecule has 1 unspecified atom stereocenters. The molecule has 3 aromatic carbocycles. The van der Waals surface area contributed by atoms with Crippen LogP contribution in [-0.2, 0) is 9.59 Å². The van der Waals surface area contributed by atoms with Crippen LogP contribution < -0.4 is 20.3 Å². The number of nitrogens with one attached hydrogen (secondary N) is 2. The van der Waals surface area contributed by atoms with Crippen LogP contribution in [0.15, 0.2) is 72.8 Å². The molecule has 4 rings (SSSR count). The molecule has 0 fully saturated rings. The Bertz CT molecular complexity index is 1180. The van der Waals surface area contributed by atoms with Crippen molar-refractivity contribution in [2.45, 2.75) is 19.4 Å². The van der Waals surface area contributed by atoms with Crippen LogP contribution in [0.5, 0.6) is 5.75 Å². The van der Waals surface area contributed by atoms with Crippen molar-refractivity contribution in [1.82, 2.24) is 0 Å². The van der Waals surface area contributed by atoms with E-state index in [0.717, 1.165) is 0 Å². The molecule has 7 nitrogen and oxygen atoms in total. The molecule has 0 spiro atoms. The Balaban J connectivity index is 1.59. The van der Waals surface area contributed by atoms with Crippen LogP contribution in [0.2, 0.25) is 5.02 Å². The van der Waals surface area contributed by atoms with Gasteiger partial charge in [-0.25, -0.2) is 0 Å². The van der Waals surface area contributed by atoms with E-state index in [1.165, 1.54) is 4.90 Å². The lowest BCUT2D eigenvalue weighted by molar-refractivity contribution is -0.122. The monoisotopic (exact) mass is 463 g/mol. The average Bonchev–Trinajstić information content (AvgIpc) is 2.81. The maximum Gasteiger partial charge on any atom is 0.259 e. The quantitative estimate of drug-likeness (QED) is 0.553. The number of fused-ring (bicyclic) bond motifs is 1. The second-order valence-corrected chi connectivity index (χ2v) is 7.85. The lowest BCUT2D eigenvalue weighted by atomic mass is 10.0. The number of hydrogen-bond donors (Lipinski definition) is 2. The van der Waals surface area contributed by atoms with Gasteiger partial charge in [-0.3, -0.25) is 19.3 Å². The number of nitrogens with zero attached hydrogens (tertiary/aromatic N) is 1. The number of benzene rings is 3. The van der Waals surface area contributed by atoms with Crippen LogP contribution in [-0.4, -0.2) is 30.4 Å². The smallest absolute Gasteiger partial charge is 0.259 e. The third-order valence-corrected chi connectivity index (χ3v) is 5.43. The largest absolute Gasteiger partial charge is 0.494 e. The lowest BCUT2D eigenvalue weighted by Crippen LogP contribution is -2.52. The highest BCUT2D eigenvalue weighted by Gasteiger charge is 2.38. The van der Waals surface area contributed by atoms with Crippen molar-refractivity contribution in [3.05, 3.63) is 83.4 Å². The Labute approximate surface area is 196 Å². The first-order valence-corrected chi connectivity index (χ1v) is 10.9. The number of halogens is 1. The zero-order valence-electron chi connectivity index (χ0n) is 17.9. The molecule has 0 radical (unpaired) electrons. The summed E-state index contributed by atoms with van der Waals surface area (Å²) in [6.45, 7) is 2.43. The molecule has 1 aliphatic heterocycles. The van der Waals surface area contributed by atoms with E-state index >= 15 is 0 Å². The molecule has 2 N–H and O–H groups in total. The Kier molecular flexibility index (Phi) is 6.60. The summed E-state index contributed by atoms with van der Waals surface area (Å²) in [4.78, 5) is 40.6. The molecule has 1 atom stereocenters. The van der Waals surface area contributed by atoms with Gasteiger partial charge in [-0.2, -0.15) is 0 Å². The molecule has 0 aromatic heterocycles. The van der Waals surface area contributed by atoms with E-state index in [1.807, 2.05) is 6.92 Å². The molecule has 8 heteroatoms. The molecule has 3 aromatic rings. The summed E-state index contributed by atoms with van der Waals surface area (Å²) in [6.07, 6.45) is -0.216. The van der Waals surface area contributed by atoms with Crippen LogP contribution in [0.25, 0.3) is 0 Å². The fraction of sp³-hybridized carbons (Fsp3) is 0.160. The Morgan fingerprint density at radius 2 is 1.73 bits per heavy atom. The molecule has 1 aliphatic rings. The standard InChI is InChI=1S/C25H22ClN3O4/c1-2-33-19-13-11-18(12-14-19)27-23(30)15-22-24(31)28-20-5-3-4-6-21(20)29(22)25(32)16-7-9-17(26)10-8-16/h3-14,22H,2,15H2,1H3,(H,27,30)(H,28,31). The van der Waals surface area contributed by atoms with Crippen LogP contribution in [0, 0.1) is 0 Å². The molecule has 0 bridgehead atoms. The van der Waals surface area contributed by atoms with E-state index in [0.29, 0.717) is 40.0 Å². The minimum absolute atomic E-state index is 0.216. The molecule has 33 heavy (non-hydrogen) atoms. The molecule has 0 aliphatic carbocycles. The van der Waals surface area contributed by atoms with Gasteiger partial charge in [-0.15, -0.1) is 0 Å². The number of carbonyl (C=O) groups is 3. The van der Waals surface area contributed by atoms with E-state index < -0.39 is 23.8 Å². The minimum atomic E-state index is -1.02. The highest BCUT2D eigenvalue weighted by Crippen LogP contribution is 2.34. The van der Waals surface area contributed by atoms with Gasteiger partial charge in [0.05, 0.1) is 24.4 Å². The Hall–Kier alpha value is -3.84. The summed E-state index contributed by atoms with van der Waals surface area (Å²) in [5, 5.41) is 6.07. The fourth-order valence-corrected chi connectivity index (χ4v) is 3.77. The number of hydrogen-bond acceptors (Lipinski definition) is 4. The zero-order chi connectivity index (χ0) is 23.4. The first-order chi connectivity index (χ1) is 16.0. The second-order valence-electron chi connectivity index (χ2n) is 7.41. The number of carbonyl (C=O) groups excluding carboxylic acids is 3. The van der Waals surface area contributed by atoms with E-state index in [-0.39, 0.29) is 6.42 Å². The first-order valence-electron chi connectivity index (χ1n) is 10.5. The van der Waals surface area contributed by atoms with Gasteiger partial charge in [0.15, 0.2) is 0 Å². The van der Waals surface area contributed by atoms with Crippen molar-refractivity contribution in [2.75, 3.05) is 22.1 Å². The van der Waals surface area contributed by atoms with E-state index in [9.17, 15) is 14.4 Å². The molecular weight excluding hydrogens is 442 g/mol. The maximum atomic E-state index is 13.4. The molecule has 1 heterocycles. The van der Waals surface area contributed by atoms with E-state index in [4.69, 9.17) is 16.3 Å². The van der Waals surface area contributed by atoms with Gasteiger partial charge in [0.25, 0.3) is 5.91 Å². The zero-order valence-corrected chi connectivity index (χ0v) is 18.6. The van der Waals surface area contributed by atoms with Crippen molar-refractivity contribution >= 4 is 46.4 Å². The molecular formula is C25H22ClN3O4. The number of para-hydroxylation sites is 2. The summed E-state index contributed by atoms with van der Waals surface area (Å²) in [7, 11) is 0. The Morgan fingerprint density at radius 1 is 1.03 bits per heavy atom. The lowest BCUT2D eigenvalue weighted by Gasteiger charge is -2.36. The van der Waals surface area contributed by atoms with Gasteiger partial charge in [0, 0.05) is 16.3 Å². The number of rotatable bonds is 6. The SMILES string of the molecule is CCOc1ccc(NC(=O)CC2C(=O)Nc3ccccc3N2C(=O)c2ccc(Cl)cc2)cc1. The number of anilines is 3. The van der Waals surface area contributed by atoms with Crippen LogP contribution in [0.4, 0.5) is 17.1 Å². The van der Waals surface area contributed by atoms with E-state index in [1.54, 1.807) is 72.8 Å². The predicted molar refractivity (Wildman–Crippen MR) is 128 cm³/mol. The minimum Gasteiger partial charge on any atom is -0.494 e. The summed E-state index contributed by atoms with van der Waals surface area (Å²) in [6, 6.07) is 19.3. The number of amides is 3. The van der Waals surface area contributed by atoms with Gasteiger partial charge in [0.1, 0.15) is 11.8 Å². The molecule has 0 saturated carbocycles. The summed E-state index contributed by atoms with van der Waals surface area (Å²) in [5.74, 6) is -0.531. The predicted octanol–water partition coefficient (Wildman–Crippen LogP) is 4.74. The van der Waals surface area contributed by atoms with E-state index in [2.05, 4.69) is 10.6 Å². The summed E-state index contributed by atoms with van der Waals surface area (Å²) < 4.78 is 5.41. The number of ether oxygens (including phenoxy) is 1. The van der Waals surface area contributed by atoms with Crippen molar-refractivity contribution in [2.24, 2.45) is 0 Å². The van der Waals surface area contributed by atoms with Crippen LogP contribution in [0.1, 0.15) is 23.7 Å². The van der Waals surface area contributed by atoms with Crippen molar-refractivity contribution in [3.8, 4) is 5.75 Å². The van der Waals surface area contributed by atoms with Gasteiger partial charge in [-0.05, 0) is 67.6 Å². The third kappa shape index (κ3) is 4.99. The normalized spacial score (nSPS) is 14.8. The molecule has 168 valence electrons. The highest BCUT2D eigenvalue weighted by molar-refractivity contribution is 6.30. The molecule has 3 amide bonds. The van der Waals surface area contributed by atoms with Crippen LogP contribution in [0.3, 0.4) is 0 Å². The second kappa shape index (κ2) is 9.75. The summed E-state index contributed by atoms with van der Waals surface area (Å²) in [5.41, 5.74) is 1.96. The molecule has 0 saturated heterocycles. The van der Waals surface area contributed by atoms with Crippen molar-refractivity contribution < 1.29 is 19.1 Å². The first kappa shape index (κ1) is 22.4. The van der Waals surface area contributed by atoms with Gasteiger partial charge >= 0.3 is 0 Å². The van der Waals surface area contributed by atoms with Crippen LogP contribution >= 0.6 is 11.6 Å². The fourth-order valence-electron chi connectivity index (χ4n) is 3.65. The van der Waals surface area contributed by atoms with Crippen molar-refractivity contribution in [1.29, 1.82) is 0 Å². The summed E-state index contributed by atoms with van der Waals surface area (Å²) >= 11 is 5.96. The maximum absolute atomic E-state index is 13.4. The third-order valence-electron chi connectivity index (χ3n) is 5.17. The Morgan fingerprint density at radius 3 is 2.42 bits per heavy atom. The van der Waals surface area contributed by atoms with Crippen molar-refractivity contribution in [3.63, 3.8) is 0 Å². The highest BCUT2D eigenvalue weighted by atomic mass is 35.5. The van der Waals surface area contributed by atoms with Gasteiger partial charge < -0.3 is 15.4 Å². The topological polar surface area (TPSA) is 87.7 Å².